The van der Waals surface area contributed by atoms with Crippen molar-refractivity contribution in [2.75, 3.05) is 18.4 Å². The second-order valence-electron chi connectivity index (χ2n) is 5.53. The molecule has 1 aliphatic heterocycles. The number of rotatable bonds is 5. The summed E-state index contributed by atoms with van der Waals surface area (Å²) in [6.45, 7) is 6.12. The molecule has 3 nitrogen and oxygen atoms in total. The van der Waals surface area contributed by atoms with Gasteiger partial charge in [-0.25, -0.2) is 0 Å². The summed E-state index contributed by atoms with van der Waals surface area (Å²) in [6, 6.07) is 8.31. The lowest BCUT2D eigenvalue weighted by molar-refractivity contribution is 0.0609. The van der Waals surface area contributed by atoms with E-state index in [1.807, 2.05) is 24.3 Å². The number of nitrogens with one attached hydrogen (secondary N) is 1. The number of hydrogen-bond donors (Lipinski definition) is 1. The molecule has 1 aromatic rings. The molecule has 0 bridgehead atoms. The molecule has 1 saturated heterocycles. The summed E-state index contributed by atoms with van der Waals surface area (Å²) < 4.78 is 0. The zero-order valence-corrected chi connectivity index (χ0v) is 12.7. The van der Waals surface area contributed by atoms with Crippen LogP contribution in [0, 0.1) is 0 Å². The van der Waals surface area contributed by atoms with Crippen LogP contribution in [0.25, 0.3) is 0 Å². The SMILES string of the molecule is CCCNc1ccccc1C(=O)N1CCCCC1CC. The minimum Gasteiger partial charge on any atom is -0.384 e. The lowest BCUT2D eigenvalue weighted by Crippen LogP contribution is -2.43. The molecule has 110 valence electrons. The normalized spacial score (nSPS) is 18.9. The first kappa shape index (κ1) is 14.9. The van der Waals surface area contributed by atoms with Crippen LogP contribution in [0.15, 0.2) is 24.3 Å². The van der Waals surface area contributed by atoms with Crippen LogP contribution in [0.5, 0.6) is 0 Å². The lowest BCUT2D eigenvalue weighted by Gasteiger charge is -2.35. The molecule has 0 radical (unpaired) electrons. The fourth-order valence-electron chi connectivity index (χ4n) is 2.93. The van der Waals surface area contributed by atoms with Crippen LogP contribution in [-0.4, -0.2) is 29.9 Å². The van der Waals surface area contributed by atoms with E-state index in [1.54, 1.807) is 0 Å². The molecular weight excluding hydrogens is 248 g/mol. The predicted molar refractivity (Wildman–Crippen MR) is 84.2 cm³/mol. The van der Waals surface area contributed by atoms with Gasteiger partial charge in [0.25, 0.3) is 5.91 Å². The number of likely N-dealkylation sites (tertiary alicyclic amines) is 1. The molecule has 2 rings (SSSR count). The molecule has 1 atom stereocenters. The Balaban J connectivity index is 2.19. The topological polar surface area (TPSA) is 32.3 Å². The van der Waals surface area contributed by atoms with Gasteiger partial charge in [-0.05, 0) is 44.2 Å². The number of amides is 1. The summed E-state index contributed by atoms with van der Waals surface area (Å²) in [7, 11) is 0. The van der Waals surface area contributed by atoms with Gasteiger partial charge in [0.15, 0.2) is 0 Å². The van der Waals surface area contributed by atoms with E-state index >= 15 is 0 Å². The highest BCUT2D eigenvalue weighted by atomic mass is 16.2. The first-order valence-corrected chi connectivity index (χ1v) is 7.91. The molecule has 1 fully saturated rings. The summed E-state index contributed by atoms with van der Waals surface area (Å²) in [5.74, 6) is 0.191. The maximum atomic E-state index is 12.8. The van der Waals surface area contributed by atoms with Gasteiger partial charge in [0.1, 0.15) is 0 Å². The van der Waals surface area contributed by atoms with E-state index in [-0.39, 0.29) is 5.91 Å². The second kappa shape index (κ2) is 7.32. The average molecular weight is 274 g/mol. The second-order valence-corrected chi connectivity index (χ2v) is 5.53. The van der Waals surface area contributed by atoms with Crippen molar-refractivity contribution in [3.05, 3.63) is 29.8 Å². The number of para-hydroxylation sites is 1. The van der Waals surface area contributed by atoms with Crippen LogP contribution in [0.3, 0.4) is 0 Å². The van der Waals surface area contributed by atoms with Gasteiger partial charge in [0, 0.05) is 24.8 Å². The van der Waals surface area contributed by atoms with Gasteiger partial charge in [-0.15, -0.1) is 0 Å². The van der Waals surface area contributed by atoms with E-state index in [4.69, 9.17) is 0 Å². The molecule has 1 N–H and O–H groups in total. The van der Waals surface area contributed by atoms with Gasteiger partial charge in [-0.2, -0.15) is 0 Å². The van der Waals surface area contributed by atoms with Crippen molar-refractivity contribution < 1.29 is 4.79 Å². The van der Waals surface area contributed by atoms with Gasteiger partial charge in [-0.3, -0.25) is 4.79 Å². The standard InChI is InChI=1S/C17H26N2O/c1-3-12-18-16-11-6-5-10-15(16)17(20)19-13-8-7-9-14(19)4-2/h5-6,10-11,14,18H,3-4,7-9,12-13H2,1-2H3. The zero-order chi connectivity index (χ0) is 14.4. The monoisotopic (exact) mass is 274 g/mol. The van der Waals surface area contributed by atoms with E-state index in [2.05, 4.69) is 24.1 Å². The molecule has 0 spiro atoms. The molecule has 0 aromatic heterocycles. The highest BCUT2D eigenvalue weighted by Gasteiger charge is 2.27. The van der Waals surface area contributed by atoms with Crippen molar-refractivity contribution in [3.8, 4) is 0 Å². The minimum atomic E-state index is 0.191. The smallest absolute Gasteiger partial charge is 0.256 e. The van der Waals surface area contributed by atoms with E-state index in [0.29, 0.717) is 6.04 Å². The number of carbonyl (C=O) groups is 1. The largest absolute Gasteiger partial charge is 0.384 e. The minimum absolute atomic E-state index is 0.191. The molecule has 1 aliphatic rings. The Bertz CT molecular complexity index is 444. The van der Waals surface area contributed by atoms with Crippen LogP contribution in [0.4, 0.5) is 5.69 Å². The highest BCUT2D eigenvalue weighted by Crippen LogP contribution is 2.24. The van der Waals surface area contributed by atoms with Gasteiger partial charge in [0.05, 0.1) is 5.56 Å². The summed E-state index contributed by atoms with van der Waals surface area (Å²) in [6.07, 6.45) is 5.64. The molecule has 1 amide bonds. The molecule has 1 unspecified atom stereocenters. The summed E-state index contributed by atoms with van der Waals surface area (Å²) in [5, 5.41) is 3.37. The summed E-state index contributed by atoms with van der Waals surface area (Å²) in [5.41, 5.74) is 1.79. The third-order valence-electron chi connectivity index (χ3n) is 4.08. The van der Waals surface area contributed by atoms with E-state index in [1.165, 1.54) is 6.42 Å². The lowest BCUT2D eigenvalue weighted by atomic mass is 9.98. The number of carbonyl (C=O) groups excluding carboxylic acids is 1. The highest BCUT2D eigenvalue weighted by molar-refractivity contribution is 5.99. The number of benzene rings is 1. The van der Waals surface area contributed by atoms with Crippen LogP contribution in [0.2, 0.25) is 0 Å². The first-order valence-electron chi connectivity index (χ1n) is 7.91. The quantitative estimate of drug-likeness (QED) is 0.882. The van der Waals surface area contributed by atoms with E-state index < -0.39 is 0 Å². The van der Waals surface area contributed by atoms with Crippen LogP contribution >= 0.6 is 0 Å². The van der Waals surface area contributed by atoms with Crippen molar-refractivity contribution >= 4 is 11.6 Å². The number of piperidine rings is 1. The van der Waals surface area contributed by atoms with E-state index in [9.17, 15) is 4.79 Å². The maximum absolute atomic E-state index is 12.8. The van der Waals surface area contributed by atoms with Gasteiger partial charge in [-0.1, -0.05) is 26.0 Å². The Labute approximate surface area is 122 Å². The Hall–Kier alpha value is -1.51. The van der Waals surface area contributed by atoms with Crippen molar-refractivity contribution in [3.63, 3.8) is 0 Å². The molecule has 1 aromatic carbocycles. The summed E-state index contributed by atoms with van der Waals surface area (Å²) >= 11 is 0. The number of anilines is 1. The van der Waals surface area contributed by atoms with Crippen molar-refractivity contribution in [2.24, 2.45) is 0 Å². The number of nitrogens with zero attached hydrogens (tertiary/aromatic N) is 1. The summed E-state index contributed by atoms with van der Waals surface area (Å²) in [4.78, 5) is 14.9. The fourth-order valence-corrected chi connectivity index (χ4v) is 2.93. The fraction of sp³-hybridized carbons (Fsp3) is 0.588. The van der Waals surface area contributed by atoms with Crippen LogP contribution < -0.4 is 5.32 Å². The Morgan fingerprint density at radius 2 is 2.10 bits per heavy atom. The third kappa shape index (κ3) is 3.33. The van der Waals surface area contributed by atoms with Crippen molar-refractivity contribution in [1.82, 2.24) is 4.90 Å². The molecule has 3 heteroatoms. The average Bonchev–Trinajstić information content (AvgIpc) is 2.52. The van der Waals surface area contributed by atoms with Gasteiger partial charge < -0.3 is 10.2 Å². The van der Waals surface area contributed by atoms with Crippen molar-refractivity contribution in [2.45, 2.75) is 52.0 Å². The van der Waals surface area contributed by atoms with Crippen molar-refractivity contribution in [1.29, 1.82) is 0 Å². The van der Waals surface area contributed by atoms with Gasteiger partial charge in [0.2, 0.25) is 0 Å². The predicted octanol–water partition coefficient (Wildman–Crippen LogP) is 3.91. The molecule has 20 heavy (non-hydrogen) atoms. The first-order chi connectivity index (χ1) is 9.77. The molecule has 1 heterocycles. The van der Waals surface area contributed by atoms with Crippen LogP contribution in [0.1, 0.15) is 56.3 Å². The molecule has 0 saturated carbocycles. The Morgan fingerprint density at radius 1 is 1.30 bits per heavy atom. The molecular formula is C17H26N2O. The molecule has 0 aliphatic carbocycles. The third-order valence-corrected chi connectivity index (χ3v) is 4.08. The zero-order valence-electron chi connectivity index (χ0n) is 12.7. The Kier molecular flexibility index (Phi) is 5.45. The Morgan fingerprint density at radius 3 is 2.85 bits per heavy atom. The number of hydrogen-bond acceptors (Lipinski definition) is 2. The van der Waals surface area contributed by atoms with Gasteiger partial charge >= 0.3 is 0 Å². The maximum Gasteiger partial charge on any atom is 0.256 e. The van der Waals surface area contributed by atoms with E-state index in [0.717, 1.165) is 50.0 Å². The van der Waals surface area contributed by atoms with Crippen LogP contribution in [-0.2, 0) is 0 Å².